The van der Waals surface area contributed by atoms with Crippen LogP contribution in [0.25, 0.3) is 0 Å². The highest BCUT2D eigenvalue weighted by Crippen LogP contribution is 2.31. The first kappa shape index (κ1) is 13.4. The Morgan fingerprint density at radius 1 is 1.33 bits per heavy atom. The fourth-order valence-electron chi connectivity index (χ4n) is 2.95. The van der Waals surface area contributed by atoms with Crippen LogP contribution in [-0.2, 0) is 0 Å². The van der Waals surface area contributed by atoms with E-state index in [1.165, 1.54) is 24.0 Å². The summed E-state index contributed by atoms with van der Waals surface area (Å²) in [5.74, 6) is 1.70. The lowest BCUT2D eigenvalue weighted by molar-refractivity contribution is 0.293. The van der Waals surface area contributed by atoms with Gasteiger partial charge < -0.3 is 15.4 Å². The van der Waals surface area contributed by atoms with Crippen LogP contribution >= 0.6 is 0 Å². The molecule has 3 heteroatoms. The van der Waals surface area contributed by atoms with E-state index in [4.69, 9.17) is 4.74 Å². The summed E-state index contributed by atoms with van der Waals surface area (Å²) >= 11 is 0. The molecule has 0 saturated carbocycles. The van der Waals surface area contributed by atoms with Gasteiger partial charge in [0.1, 0.15) is 5.75 Å². The van der Waals surface area contributed by atoms with Gasteiger partial charge in [0.25, 0.3) is 0 Å². The van der Waals surface area contributed by atoms with Crippen LogP contribution in [0.15, 0.2) is 18.2 Å². The van der Waals surface area contributed by atoms with Crippen molar-refractivity contribution in [1.29, 1.82) is 0 Å². The second-order valence-electron chi connectivity index (χ2n) is 5.08. The van der Waals surface area contributed by atoms with Gasteiger partial charge in [-0.3, -0.25) is 0 Å². The molecule has 0 aliphatic carbocycles. The zero-order valence-electron chi connectivity index (χ0n) is 11.6. The van der Waals surface area contributed by atoms with E-state index in [1.807, 2.05) is 0 Å². The lowest BCUT2D eigenvalue weighted by Crippen LogP contribution is -2.35. The number of hydrogen-bond donors (Lipinski definition) is 2. The zero-order chi connectivity index (χ0) is 13.0. The third-order valence-electron chi connectivity index (χ3n) is 3.94. The topological polar surface area (TPSA) is 33.3 Å². The summed E-state index contributed by atoms with van der Waals surface area (Å²) in [5, 5.41) is 6.91. The average molecular weight is 248 g/mol. The third kappa shape index (κ3) is 2.85. The van der Waals surface area contributed by atoms with E-state index in [-0.39, 0.29) is 0 Å². The molecule has 1 fully saturated rings. The molecule has 0 aromatic heterocycles. The Hall–Kier alpha value is -1.06. The van der Waals surface area contributed by atoms with Gasteiger partial charge in [-0.2, -0.15) is 0 Å². The Bertz CT molecular complexity index is 386. The molecule has 1 aromatic rings. The molecular formula is C15H24N2O. The molecular weight excluding hydrogens is 224 g/mol. The van der Waals surface area contributed by atoms with Gasteiger partial charge in [0.15, 0.2) is 0 Å². The molecule has 1 aliphatic rings. The number of rotatable bonds is 4. The Labute approximate surface area is 110 Å². The largest absolute Gasteiger partial charge is 0.496 e. The predicted molar refractivity (Wildman–Crippen MR) is 75.1 cm³/mol. The average Bonchev–Trinajstić information content (AvgIpc) is 2.41. The number of piperidine rings is 1. The second-order valence-corrected chi connectivity index (χ2v) is 5.08. The molecule has 2 N–H and O–H groups in total. The van der Waals surface area contributed by atoms with Gasteiger partial charge in [0.2, 0.25) is 0 Å². The van der Waals surface area contributed by atoms with E-state index in [9.17, 15) is 0 Å². The minimum Gasteiger partial charge on any atom is -0.496 e. The van der Waals surface area contributed by atoms with Crippen LogP contribution in [0.4, 0.5) is 0 Å². The van der Waals surface area contributed by atoms with E-state index in [1.54, 1.807) is 7.11 Å². The van der Waals surface area contributed by atoms with E-state index in [0.717, 1.165) is 24.8 Å². The Morgan fingerprint density at radius 2 is 2.06 bits per heavy atom. The minimum atomic E-state index is 0.455. The van der Waals surface area contributed by atoms with Crippen LogP contribution in [0, 0.1) is 12.8 Å². The van der Waals surface area contributed by atoms with Gasteiger partial charge in [0.05, 0.1) is 7.11 Å². The van der Waals surface area contributed by atoms with E-state index >= 15 is 0 Å². The summed E-state index contributed by atoms with van der Waals surface area (Å²) in [5.41, 5.74) is 2.59. The van der Waals surface area contributed by atoms with Crippen molar-refractivity contribution in [3.05, 3.63) is 29.3 Å². The summed E-state index contributed by atoms with van der Waals surface area (Å²) in [6.45, 7) is 4.38. The molecule has 0 radical (unpaired) electrons. The molecule has 18 heavy (non-hydrogen) atoms. The molecule has 3 nitrogen and oxygen atoms in total. The third-order valence-corrected chi connectivity index (χ3v) is 3.94. The maximum atomic E-state index is 5.33. The summed E-state index contributed by atoms with van der Waals surface area (Å²) < 4.78 is 5.33. The smallest absolute Gasteiger partial charge is 0.121 e. The number of aryl methyl sites for hydroxylation is 1. The molecule has 0 bridgehead atoms. The molecule has 0 amide bonds. The van der Waals surface area contributed by atoms with E-state index < -0.39 is 0 Å². The summed E-state index contributed by atoms with van der Waals surface area (Å²) in [4.78, 5) is 0. The molecule has 1 heterocycles. The highest BCUT2D eigenvalue weighted by atomic mass is 16.5. The maximum absolute atomic E-state index is 5.33. The van der Waals surface area contributed by atoms with Gasteiger partial charge in [-0.1, -0.05) is 12.1 Å². The standard InChI is InChI=1S/C15H24N2O/c1-11-10-13(4-5-14(11)18-3)15(16-2)12-6-8-17-9-7-12/h4-5,10,12,15-17H,6-9H2,1-3H3. The second kappa shape index (κ2) is 6.21. The van der Waals surface area contributed by atoms with Crippen LogP contribution < -0.4 is 15.4 Å². The number of benzene rings is 1. The van der Waals surface area contributed by atoms with Gasteiger partial charge in [0, 0.05) is 6.04 Å². The fourth-order valence-corrected chi connectivity index (χ4v) is 2.95. The predicted octanol–water partition coefficient (Wildman–Crippen LogP) is 2.26. The molecule has 0 spiro atoms. The van der Waals surface area contributed by atoms with Crippen molar-refractivity contribution < 1.29 is 4.74 Å². The highest BCUT2D eigenvalue weighted by Gasteiger charge is 2.23. The van der Waals surface area contributed by atoms with Crippen molar-refractivity contribution in [2.45, 2.75) is 25.8 Å². The van der Waals surface area contributed by atoms with Gasteiger partial charge in [-0.05, 0) is 63.0 Å². The SMILES string of the molecule is CNC(c1ccc(OC)c(C)c1)C1CCNCC1. The van der Waals surface area contributed by atoms with Crippen LogP contribution in [0.5, 0.6) is 5.75 Å². The van der Waals surface area contributed by atoms with Crippen molar-refractivity contribution in [3.8, 4) is 5.75 Å². The summed E-state index contributed by atoms with van der Waals surface area (Å²) in [6, 6.07) is 6.98. The molecule has 1 unspecified atom stereocenters. The first-order chi connectivity index (χ1) is 8.76. The Balaban J connectivity index is 2.18. The zero-order valence-corrected chi connectivity index (χ0v) is 11.6. The Kier molecular flexibility index (Phi) is 4.61. The normalized spacial score (nSPS) is 18.6. The van der Waals surface area contributed by atoms with Crippen LogP contribution in [0.1, 0.15) is 30.0 Å². The molecule has 2 rings (SSSR count). The van der Waals surface area contributed by atoms with Crippen LogP contribution in [-0.4, -0.2) is 27.2 Å². The molecule has 1 saturated heterocycles. The number of ether oxygens (including phenoxy) is 1. The Morgan fingerprint density at radius 3 is 2.61 bits per heavy atom. The summed E-state index contributed by atoms with van der Waals surface area (Å²) in [6.07, 6.45) is 2.49. The van der Waals surface area contributed by atoms with Crippen LogP contribution in [0.2, 0.25) is 0 Å². The van der Waals surface area contributed by atoms with Crippen molar-refractivity contribution in [3.63, 3.8) is 0 Å². The molecule has 1 atom stereocenters. The van der Waals surface area contributed by atoms with Gasteiger partial charge >= 0.3 is 0 Å². The lowest BCUT2D eigenvalue weighted by atomic mass is 9.85. The van der Waals surface area contributed by atoms with E-state index in [0.29, 0.717) is 6.04 Å². The first-order valence-corrected chi connectivity index (χ1v) is 6.78. The lowest BCUT2D eigenvalue weighted by Gasteiger charge is -2.31. The van der Waals surface area contributed by atoms with Gasteiger partial charge in [-0.15, -0.1) is 0 Å². The highest BCUT2D eigenvalue weighted by molar-refractivity contribution is 5.37. The molecule has 1 aromatic carbocycles. The van der Waals surface area contributed by atoms with Gasteiger partial charge in [-0.25, -0.2) is 0 Å². The number of hydrogen-bond acceptors (Lipinski definition) is 3. The number of methoxy groups -OCH3 is 1. The fraction of sp³-hybridized carbons (Fsp3) is 0.600. The summed E-state index contributed by atoms with van der Waals surface area (Å²) in [7, 11) is 3.79. The monoisotopic (exact) mass is 248 g/mol. The quantitative estimate of drug-likeness (QED) is 0.857. The van der Waals surface area contributed by atoms with Crippen molar-refractivity contribution in [1.82, 2.24) is 10.6 Å². The molecule has 100 valence electrons. The first-order valence-electron chi connectivity index (χ1n) is 6.78. The number of nitrogens with one attached hydrogen (secondary N) is 2. The van der Waals surface area contributed by atoms with Crippen molar-refractivity contribution in [2.24, 2.45) is 5.92 Å². The maximum Gasteiger partial charge on any atom is 0.121 e. The van der Waals surface area contributed by atoms with Crippen LogP contribution in [0.3, 0.4) is 0 Å². The van der Waals surface area contributed by atoms with E-state index in [2.05, 4.69) is 42.8 Å². The molecule has 1 aliphatic heterocycles. The van der Waals surface area contributed by atoms with Crippen molar-refractivity contribution >= 4 is 0 Å². The minimum absolute atomic E-state index is 0.455. The van der Waals surface area contributed by atoms with Crippen molar-refractivity contribution in [2.75, 3.05) is 27.2 Å².